The molecule has 2 aromatic rings. The molecule has 20 heavy (non-hydrogen) atoms. The Morgan fingerprint density at radius 2 is 2.10 bits per heavy atom. The van der Waals surface area contributed by atoms with Crippen LogP contribution in [0.1, 0.15) is 40.9 Å². The molecule has 7 nitrogen and oxygen atoms in total. The summed E-state index contributed by atoms with van der Waals surface area (Å²) in [7, 11) is 0. The molecule has 0 aromatic carbocycles. The molecule has 0 aliphatic rings. The van der Waals surface area contributed by atoms with Gasteiger partial charge in [0.05, 0.1) is 12.2 Å². The van der Waals surface area contributed by atoms with E-state index in [1.807, 2.05) is 13.8 Å². The van der Waals surface area contributed by atoms with Crippen LogP contribution in [0.4, 0.5) is 5.13 Å². The lowest BCUT2D eigenvalue weighted by Gasteiger charge is -2.24. The van der Waals surface area contributed by atoms with Gasteiger partial charge in [0.15, 0.2) is 11.0 Å². The van der Waals surface area contributed by atoms with Crippen molar-refractivity contribution in [1.82, 2.24) is 20.0 Å². The van der Waals surface area contributed by atoms with Crippen LogP contribution in [0.25, 0.3) is 0 Å². The molecule has 2 aromatic heterocycles. The fraction of sp³-hybridized carbons (Fsp3) is 0.500. The highest BCUT2D eigenvalue weighted by Crippen LogP contribution is 2.23. The normalized spacial score (nSPS) is 11.1. The van der Waals surface area contributed by atoms with Gasteiger partial charge in [-0.05, 0) is 20.8 Å². The van der Waals surface area contributed by atoms with Crippen LogP contribution in [0.2, 0.25) is 0 Å². The summed E-state index contributed by atoms with van der Waals surface area (Å²) in [5.74, 6) is 0.850. The van der Waals surface area contributed by atoms with Crippen LogP contribution in [0.3, 0.4) is 0 Å². The highest BCUT2D eigenvalue weighted by atomic mass is 32.1. The zero-order chi connectivity index (χ0) is 14.9. The molecule has 0 radical (unpaired) electrons. The van der Waals surface area contributed by atoms with E-state index in [4.69, 9.17) is 10.3 Å². The maximum Gasteiger partial charge on any atom is 0.266 e. The van der Waals surface area contributed by atoms with Gasteiger partial charge in [0.2, 0.25) is 5.89 Å². The summed E-state index contributed by atoms with van der Waals surface area (Å²) < 4.78 is 4.93. The second-order valence-electron chi connectivity index (χ2n) is 4.72. The number of amides is 1. The standard InChI is InChI=1S/C12H17N5O2S/c1-6(2)17(5-9-15-8(4)19-16-9)11(18)10-7(3)14-12(13)20-10/h6H,5H2,1-4H3,(H2,13,14). The van der Waals surface area contributed by atoms with Gasteiger partial charge in [0.1, 0.15) is 4.88 Å². The highest BCUT2D eigenvalue weighted by molar-refractivity contribution is 7.17. The van der Waals surface area contributed by atoms with E-state index < -0.39 is 0 Å². The van der Waals surface area contributed by atoms with Crippen molar-refractivity contribution in [3.63, 3.8) is 0 Å². The van der Waals surface area contributed by atoms with Crippen molar-refractivity contribution in [3.05, 3.63) is 22.3 Å². The van der Waals surface area contributed by atoms with Crippen LogP contribution in [0, 0.1) is 13.8 Å². The highest BCUT2D eigenvalue weighted by Gasteiger charge is 2.24. The van der Waals surface area contributed by atoms with Gasteiger partial charge in [-0.1, -0.05) is 16.5 Å². The molecule has 0 aliphatic heterocycles. The number of hydrogen-bond donors (Lipinski definition) is 1. The number of aryl methyl sites for hydroxylation is 2. The molecule has 1 amide bonds. The minimum Gasteiger partial charge on any atom is -0.375 e. The average molecular weight is 295 g/mol. The van der Waals surface area contributed by atoms with Crippen LogP contribution < -0.4 is 5.73 Å². The maximum absolute atomic E-state index is 12.6. The van der Waals surface area contributed by atoms with Crippen molar-refractivity contribution in [1.29, 1.82) is 0 Å². The minimum absolute atomic E-state index is 0.00373. The van der Waals surface area contributed by atoms with Gasteiger partial charge in [0, 0.05) is 13.0 Å². The molecule has 2 rings (SSSR count). The van der Waals surface area contributed by atoms with Crippen LogP contribution in [-0.2, 0) is 6.54 Å². The number of anilines is 1. The zero-order valence-electron chi connectivity index (χ0n) is 11.9. The van der Waals surface area contributed by atoms with E-state index in [1.54, 1.807) is 18.7 Å². The van der Waals surface area contributed by atoms with E-state index in [2.05, 4.69) is 15.1 Å². The lowest BCUT2D eigenvalue weighted by molar-refractivity contribution is 0.0687. The number of aromatic nitrogens is 3. The molecule has 0 saturated heterocycles. The van der Waals surface area contributed by atoms with Gasteiger partial charge in [-0.3, -0.25) is 4.79 Å². The third-order valence-electron chi connectivity index (χ3n) is 2.77. The smallest absolute Gasteiger partial charge is 0.266 e. The third-order valence-corrected chi connectivity index (χ3v) is 3.75. The lowest BCUT2D eigenvalue weighted by atomic mass is 10.2. The molecule has 0 atom stereocenters. The predicted octanol–water partition coefficient (Wildman–Crippen LogP) is 1.78. The van der Waals surface area contributed by atoms with E-state index >= 15 is 0 Å². The lowest BCUT2D eigenvalue weighted by Crippen LogP contribution is -2.36. The minimum atomic E-state index is -0.117. The Kier molecular flexibility index (Phi) is 4.03. The number of carbonyl (C=O) groups is 1. The molecule has 0 spiro atoms. The second-order valence-corrected chi connectivity index (χ2v) is 5.75. The molecule has 0 aliphatic carbocycles. The van der Waals surface area contributed by atoms with Crippen molar-refractivity contribution >= 4 is 22.4 Å². The topological polar surface area (TPSA) is 98.1 Å². The summed E-state index contributed by atoms with van der Waals surface area (Å²) in [5.41, 5.74) is 6.29. The molecule has 8 heteroatoms. The first kappa shape index (κ1) is 14.4. The molecule has 0 saturated carbocycles. The molecule has 0 fully saturated rings. The molecule has 2 N–H and O–H groups in total. The van der Waals surface area contributed by atoms with Gasteiger partial charge in [-0.15, -0.1) is 0 Å². The maximum atomic E-state index is 12.6. The van der Waals surface area contributed by atoms with Gasteiger partial charge in [-0.2, -0.15) is 4.98 Å². The number of hydrogen-bond acceptors (Lipinski definition) is 7. The first-order chi connectivity index (χ1) is 9.38. The summed E-state index contributed by atoms with van der Waals surface area (Å²) in [6.45, 7) is 7.66. The summed E-state index contributed by atoms with van der Waals surface area (Å²) in [6, 6.07) is 0.00373. The third kappa shape index (κ3) is 2.96. The summed E-state index contributed by atoms with van der Waals surface area (Å²) in [4.78, 5) is 23.0. The number of carbonyl (C=O) groups excluding carboxylic acids is 1. The van der Waals surface area contributed by atoms with E-state index in [9.17, 15) is 4.79 Å². The Morgan fingerprint density at radius 3 is 2.55 bits per heavy atom. The molecular weight excluding hydrogens is 278 g/mol. The van der Waals surface area contributed by atoms with E-state index in [1.165, 1.54) is 11.3 Å². The Bertz CT molecular complexity index is 619. The predicted molar refractivity (Wildman–Crippen MR) is 75.3 cm³/mol. The van der Waals surface area contributed by atoms with Crippen molar-refractivity contribution in [2.24, 2.45) is 0 Å². The fourth-order valence-electron chi connectivity index (χ4n) is 1.79. The number of nitrogens with two attached hydrogens (primary N) is 1. The zero-order valence-corrected chi connectivity index (χ0v) is 12.7. The number of nitrogens with zero attached hydrogens (tertiary/aromatic N) is 4. The fourth-order valence-corrected chi connectivity index (χ4v) is 2.58. The van der Waals surface area contributed by atoms with Crippen molar-refractivity contribution in [2.45, 2.75) is 40.3 Å². The summed E-state index contributed by atoms with van der Waals surface area (Å²) >= 11 is 1.20. The van der Waals surface area contributed by atoms with Gasteiger partial charge >= 0.3 is 0 Å². The SMILES string of the molecule is Cc1nc(CN(C(=O)c2sc(N)nc2C)C(C)C)no1. The molecule has 0 unspecified atom stereocenters. The quantitative estimate of drug-likeness (QED) is 0.923. The largest absolute Gasteiger partial charge is 0.375 e. The Hall–Kier alpha value is -1.96. The van der Waals surface area contributed by atoms with Gasteiger partial charge < -0.3 is 15.2 Å². The Balaban J connectivity index is 2.24. The average Bonchev–Trinajstić information content (AvgIpc) is 2.91. The molecular formula is C12H17N5O2S. The van der Waals surface area contributed by atoms with E-state index in [0.29, 0.717) is 34.0 Å². The van der Waals surface area contributed by atoms with Crippen LogP contribution in [0.5, 0.6) is 0 Å². The van der Waals surface area contributed by atoms with Gasteiger partial charge in [-0.25, -0.2) is 4.98 Å². The van der Waals surface area contributed by atoms with Crippen LogP contribution >= 0.6 is 11.3 Å². The number of thiazole rings is 1. The van der Waals surface area contributed by atoms with Gasteiger partial charge in [0.25, 0.3) is 5.91 Å². The number of nitrogen functional groups attached to an aromatic ring is 1. The first-order valence-electron chi connectivity index (χ1n) is 6.21. The van der Waals surface area contributed by atoms with Crippen molar-refractivity contribution in [2.75, 3.05) is 5.73 Å². The van der Waals surface area contributed by atoms with E-state index in [0.717, 1.165) is 0 Å². The first-order valence-corrected chi connectivity index (χ1v) is 7.03. The van der Waals surface area contributed by atoms with E-state index in [-0.39, 0.29) is 11.9 Å². The number of rotatable bonds is 4. The monoisotopic (exact) mass is 295 g/mol. The summed E-state index contributed by atoms with van der Waals surface area (Å²) in [5, 5.41) is 4.22. The van der Waals surface area contributed by atoms with Crippen molar-refractivity contribution < 1.29 is 9.32 Å². The van der Waals surface area contributed by atoms with Crippen LogP contribution in [0.15, 0.2) is 4.52 Å². The molecule has 108 valence electrons. The van der Waals surface area contributed by atoms with Crippen molar-refractivity contribution in [3.8, 4) is 0 Å². The molecule has 0 bridgehead atoms. The second kappa shape index (κ2) is 5.58. The van der Waals surface area contributed by atoms with Crippen LogP contribution in [-0.4, -0.2) is 32.0 Å². The Morgan fingerprint density at radius 1 is 1.40 bits per heavy atom. The Labute approximate surface area is 120 Å². The summed E-state index contributed by atoms with van der Waals surface area (Å²) in [6.07, 6.45) is 0. The molecule has 2 heterocycles.